The third kappa shape index (κ3) is 3.00. The highest BCUT2D eigenvalue weighted by molar-refractivity contribution is 6.05. The number of carbonyl (C=O) groups excluding carboxylic acids is 1. The molecule has 1 aliphatic heterocycles. The van der Waals surface area contributed by atoms with E-state index in [0.717, 1.165) is 18.9 Å². The Morgan fingerprint density at radius 1 is 1.23 bits per heavy atom. The molecule has 0 saturated carbocycles. The lowest BCUT2D eigenvalue weighted by atomic mass is 10.2. The van der Waals surface area contributed by atoms with Crippen LogP contribution in [0.25, 0.3) is 0 Å². The molecule has 1 amide bonds. The molecule has 2 aromatic rings. The molecule has 1 aliphatic rings. The maximum Gasteiger partial charge on any atom is 0.260 e. The summed E-state index contributed by atoms with van der Waals surface area (Å²) < 4.78 is 5.21. The van der Waals surface area contributed by atoms with E-state index in [4.69, 9.17) is 4.74 Å². The Balaban J connectivity index is 1.77. The standard InChI is InChI=1S/C16H18N4O2/c1-22-13-7-3-2-6-12(13)16(21)19-14-10-15(18-11-17-14)20-8-4-5-9-20/h2-3,6-7,10-11H,4-5,8-9H2,1H3,(H,17,18,19,21). The van der Waals surface area contributed by atoms with Gasteiger partial charge in [0.1, 0.15) is 23.7 Å². The zero-order valence-corrected chi connectivity index (χ0v) is 12.5. The molecule has 0 radical (unpaired) electrons. The van der Waals surface area contributed by atoms with E-state index in [1.54, 1.807) is 31.4 Å². The first-order valence-electron chi connectivity index (χ1n) is 7.29. The second-order valence-electron chi connectivity index (χ2n) is 5.11. The Morgan fingerprint density at radius 3 is 2.77 bits per heavy atom. The van der Waals surface area contributed by atoms with E-state index >= 15 is 0 Å². The molecule has 3 rings (SSSR count). The van der Waals surface area contributed by atoms with E-state index in [2.05, 4.69) is 20.2 Å². The molecule has 114 valence electrons. The number of nitrogens with zero attached hydrogens (tertiary/aromatic N) is 3. The Hall–Kier alpha value is -2.63. The summed E-state index contributed by atoms with van der Waals surface area (Å²) in [7, 11) is 1.54. The smallest absolute Gasteiger partial charge is 0.260 e. The number of methoxy groups -OCH3 is 1. The van der Waals surface area contributed by atoms with Crippen LogP contribution >= 0.6 is 0 Å². The summed E-state index contributed by atoms with van der Waals surface area (Å²) in [6.07, 6.45) is 3.82. The van der Waals surface area contributed by atoms with Crippen LogP contribution in [0.2, 0.25) is 0 Å². The lowest BCUT2D eigenvalue weighted by molar-refractivity contribution is 0.102. The van der Waals surface area contributed by atoms with Gasteiger partial charge in [0.05, 0.1) is 12.7 Å². The van der Waals surface area contributed by atoms with Gasteiger partial charge in [-0.25, -0.2) is 9.97 Å². The summed E-state index contributed by atoms with van der Waals surface area (Å²) in [5.74, 6) is 1.63. The minimum atomic E-state index is -0.247. The van der Waals surface area contributed by atoms with Crippen molar-refractivity contribution in [1.82, 2.24) is 9.97 Å². The van der Waals surface area contributed by atoms with E-state index in [1.165, 1.54) is 19.2 Å². The fraction of sp³-hybridized carbons (Fsp3) is 0.312. The monoisotopic (exact) mass is 298 g/mol. The summed E-state index contributed by atoms with van der Waals surface area (Å²) in [4.78, 5) is 23.0. The third-order valence-electron chi connectivity index (χ3n) is 3.68. The molecule has 6 heteroatoms. The number of amides is 1. The van der Waals surface area contributed by atoms with Gasteiger partial charge in [0.25, 0.3) is 5.91 Å². The first-order chi connectivity index (χ1) is 10.8. The van der Waals surface area contributed by atoms with Crippen molar-refractivity contribution in [2.75, 3.05) is 30.4 Å². The molecule has 2 heterocycles. The van der Waals surface area contributed by atoms with Gasteiger partial charge in [-0.3, -0.25) is 4.79 Å². The second-order valence-corrected chi connectivity index (χ2v) is 5.11. The highest BCUT2D eigenvalue weighted by Gasteiger charge is 2.16. The predicted octanol–water partition coefficient (Wildman–Crippen LogP) is 2.34. The molecular formula is C16H18N4O2. The Labute approximate surface area is 129 Å². The maximum atomic E-state index is 12.4. The second kappa shape index (κ2) is 6.43. The van der Waals surface area contributed by atoms with Gasteiger partial charge in [-0.15, -0.1) is 0 Å². The number of hydrogen-bond donors (Lipinski definition) is 1. The van der Waals surface area contributed by atoms with Crippen LogP contribution in [-0.2, 0) is 0 Å². The van der Waals surface area contributed by atoms with Crippen molar-refractivity contribution in [3.8, 4) is 5.75 Å². The van der Waals surface area contributed by atoms with E-state index in [9.17, 15) is 4.79 Å². The first-order valence-corrected chi connectivity index (χ1v) is 7.29. The molecule has 0 spiro atoms. The van der Waals surface area contributed by atoms with Crippen molar-refractivity contribution in [3.05, 3.63) is 42.2 Å². The van der Waals surface area contributed by atoms with Gasteiger partial charge in [0.15, 0.2) is 0 Å². The van der Waals surface area contributed by atoms with Gasteiger partial charge in [-0.1, -0.05) is 12.1 Å². The minimum Gasteiger partial charge on any atom is -0.496 e. The number of aromatic nitrogens is 2. The lowest BCUT2D eigenvalue weighted by Gasteiger charge is -2.16. The fourth-order valence-corrected chi connectivity index (χ4v) is 2.55. The molecule has 1 aromatic heterocycles. The molecular weight excluding hydrogens is 280 g/mol. The largest absolute Gasteiger partial charge is 0.496 e. The average molecular weight is 298 g/mol. The normalized spacial score (nSPS) is 14.0. The fourth-order valence-electron chi connectivity index (χ4n) is 2.55. The highest BCUT2D eigenvalue weighted by Crippen LogP contribution is 2.21. The third-order valence-corrected chi connectivity index (χ3v) is 3.68. The zero-order valence-electron chi connectivity index (χ0n) is 12.5. The van der Waals surface area contributed by atoms with E-state index < -0.39 is 0 Å². The minimum absolute atomic E-state index is 0.247. The number of para-hydroxylation sites is 1. The summed E-state index contributed by atoms with van der Waals surface area (Å²) in [5, 5.41) is 2.80. The number of hydrogen-bond acceptors (Lipinski definition) is 5. The van der Waals surface area contributed by atoms with Crippen LogP contribution in [0.1, 0.15) is 23.2 Å². The molecule has 0 unspecified atom stereocenters. The first kappa shape index (κ1) is 14.3. The summed E-state index contributed by atoms with van der Waals surface area (Å²) in [6.45, 7) is 1.99. The molecule has 22 heavy (non-hydrogen) atoms. The topological polar surface area (TPSA) is 67.3 Å². The molecule has 1 saturated heterocycles. The predicted molar refractivity (Wildman–Crippen MR) is 84.4 cm³/mol. The van der Waals surface area contributed by atoms with Crippen LogP contribution < -0.4 is 15.0 Å². The van der Waals surface area contributed by atoms with Crippen LogP contribution in [0.3, 0.4) is 0 Å². The molecule has 0 aliphatic carbocycles. The zero-order chi connectivity index (χ0) is 15.4. The van der Waals surface area contributed by atoms with Crippen molar-refractivity contribution in [2.45, 2.75) is 12.8 Å². The van der Waals surface area contributed by atoms with Crippen molar-refractivity contribution in [2.24, 2.45) is 0 Å². The molecule has 0 atom stereocenters. The van der Waals surface area contributed by atoms with E-state index in [1.807, 2.05) is 6.07 Å². The van der Waals surface area contributed by atoms with Crippen molar-refractivity contribution >= 4 is 17.5 Å². The van der Waals surface area contributed by atoms with Gasteiger partial charge in [-0.05, 0) is 25.0 Å². The van der Waals surface area contributed by atoms with Crippen molar-refractivity contribution in [3.63, 3.8) is 0 Å². The van der Waals surface area contributed by atoms with Gasteiger partial charge in [0.2, 0.25) is 0 Å². The summed E-state index contributed by atoms with van der Waals surface area (Å²) in [6, 6.07) is 8.90. The molecule has 0 bridgehead atoms. The van der Waals surface area contributed by atoms with Crippen molar-refractivity contribution < 1.29 is 9.53 Å². The number of rotatable bonds is 4. The van der Waals surface area contributed by atoms with Crippen LogP contribution in [0.4, 0.5) is 11.6 Å². The van der Waals surface area contributed by atoms with E-state index in [0.29, 0.717) is 17.1 Å². The highest BCUT2D eigenvalue weighted by atomic mass is 16.5. The van der Waals surface area contributed by atoms with Gasteiger partial charge in [0, 0.05) is 19.2 Å². The molecule has 1 fully saturated rings. The Morgan fingerprint density at radius 2 is 2.00 bits per heavy atom. The Kier molecular flexibility index (Phi) is 4.18. The number of carbonyl (C=O) groups is 1. The quantitative estimate of drug-likeness (QED) is 0.938. The van der Waals surface area contributed by atoms with Crippen LogP contribution in [0, 0.1) is 0 Å². The average Bonchev–Trinajstić information content (AvgIpc) is 3.09. The van der Waals surface area contributed by atoms with Crippen LogP contribution in [0.15, 0.2) is 36.7 Å². The van der Waals surface area contributed by atoms with Gasteiger partial charge in [-0.2, -0.15) is 0 Å². The molecule has 6 nitrogen and oxygen atoms in total. The number of benzene rings is 1. The number of nitrogens with one attached hydrogen (secondary N) is 1. The number of anilines is 2. The SMILES string of the molecule is COc1ccccc1C(=O)Nc1cc(N2CCCC2)ncn1. The molecule has 1 aromatic carbocycles. The van der Waals surface area contributed by atoms with Crippen LogP contribution in [-0.4, -0.2) is 36.1 Å². The maximum absolute atomic E-state index is 12.4. The van der Waals surface area contributed by atoms with E-state index in [-0.39, 0.29) is 5.91 Å². The van der Waals surface area contributed by atoms with Crippen LogP contribution in [0.5, 0.6) is 5.75 Å². The van der Waals surface area contributed by atoms with Gasteiger partial charge < -0.3 is 15.0 Å². The summed E-state index contributed by atoms with van der Waals surface area (Å²) >= 11 is 0. The number of ether oxygens (including phenoxy) is 1. The van der Waals surface area contributed by atoms with Crippen molar-refractivity contribution in [1.29, 1.82) is 0 Å². The Bertz CT molecular complexity index is 669. The summed E-state index contributed by atoms with van der Waals surface area (Å²) in [5.41, 5.74) is 0.478. The molecule has 1 N–H and O–H groups in total. The lowest BCUT2D eigenvalue weighted by Crippen LogP contribution is -2.20. The van der Waals surface area contributed by atoms with Gasteiger partial charge >= 0.3 is 0 Å².